The lowest BCUT2D eigenvalue weighted by Crippen LogP contribution is -2.38. The Morgan fingerprint density at radius 3 is 2.55 bits per heavy atom. The second kappa shape index (κ2) is 6.59. The molecule has 0 atom stereocenters. The molecule has 0 saturated carbocycles. The minimum atomic E-state index is -0.398. The number of nitrogens with zero attached hydrogens (tertiary/aromatic N) is 2. The third kappa shape index (κ3) is 3.33. The molecule has 1 N–H and O–H groups in total. The molecule has 1 fully saturated rings. The van der Waals surface area contributed by atoms with E-state index in [1.54, 1.807) is 0 Å². The first kappa shape index (κ1) is 15.3. The van der Waals surface area contributed by atoms with E-state index in [9.17, 15) is 9.59 Å². The van der Waals surface area contributed by atoms with Gasteiger partial charge in [0.15, 0.2) is 0 Å². The van der Waals surface area contributed by atoms with Crippen LogP contribution in [0.2, 0.25) is 5.15 Å². The molecule has 0 aromatic carbocycles. The van der Waals surface area contributed by atoms with Crippen molar-refractivity contribution >= 4 is 11.6 Å². The van der Waals surface area contributed by atoms with Gasteiger partial charge in [0, 0.05) is 6.54 Å². The minimum Gasteiger partial charge on any atom is -0.306 e. The summed E-state index contributed by atoms with van der Waals surface area (Å²) in [4.78, 5) is 29.0. The normalized spacial score (nSPS) is 17.6. The summed E-state index contributed by atoms with van der Waals surface area (Å²) in [6.07, 6.45) is 3.68. The van der Waals surface area contributed by atoms with Crippen molar-refractivity contribution in [1.82, 2.24) is 14.5 Å². The monoisotopic (exact) mass is 299 g/mol. The summed E-state index contributed by atoms with van der Waals surface area (Å²) in [5.74, 6) is 0.596. The van der Waals surface area contributed by atoms with Crippen LogP contribution in [0.4, 0.5) is 0 Å². The number of hydrogen-bond acceptors (Lipinski definition) is 3. The number of likely N-dealkylation sites (tertiary alicyclic amines) is 1. The zero-order chi connectivity index (χ0) is 14.7. The quantitative estimate of drug-likeness (QED) is 0.857. The lowest BCUT2D eigenvalue weighted by molar-refractivity contribution is 0.207. The molecule has 1 aliphatic heterocycles. The lowest BCUT2D eigenvalue weighted by atomic mass is 9.94. The van der Waals surface area contributed by atoms with Crippen LogP contribution in [0.25, 0.3) is 0 Å². The van der Waals surface area contributed by atoms with Gasteiger partial charge in [-0.25, -0.2) is 4.79 Å². The SMILES string of the molecule is CCc1c(Cl)[nH]c(=O)n(CCC2CCN(C)CC2)c1=O. The van der Waals surface area contributed by atoms with Crippen LogP contribution in [0.5, 0.6) is 0 Å². The first-order valence-electron chi connectivity index (χ1n) is 7.23. The fourth-order valence-electron chi connectivity index (χ4n) is 2.76. The summed E-state index contributed by atoms with van der Waals surface area (Å²) in [5, 5.41) is 0.179. The first-order chi connectivity index (χ1) is 9.52. The topological polar surface area (TPSA) is 58.1 Å². The van der Waals surface area contributed by atoms with Crippen LogP contribution < -0.4 is 11.2 Å². The molecule has 0 spiro atoms. The minimum absolute atomic E-state index is 0.179. The Hall–Kier alpha value is -1.07. The highest BCUT2D eigenvalue weighted by atomic mass is 35.5. The average molecular weight is 300 g/mol. The summed E-state index contributed by atoms with van der Waals surface area (Å²) in [5.41, 5.74) is -0.144. The molecule has 0 bridgehead atoms. The molecule has 1 aromatic rings. The van der Waals surface area contributed by atoms with E-state index in [2.05, 4.69) is 16.9 Å². The Bertz CT molecular complexity index is 571. The molecule has 2 rings (SSSR count). The standard InChI is InChI=1S/C14H22ClN3O2/c1-3-11-12(15)16-14(20)18(13(11)19)9-6-10-4-7-17(2)8-5-10/h10H,3-9H2,1-2H3,(H,16,20). The summed E-state index contributed by atoms with van der Waals surface area (Å²) in [6.45, 7) is 4.53. The Morgan fingerprint density at radius 1 is 1.30 bits per heavy atom. The van der Waals surface area contributed by atoms with Crippen molar-refractivity contribution in [3.8, 4) is 0 Å². The molecule has 1 saturated heterocycles. The van der Waals surface area contributed by atoms with Crippen LogP contribution in [-0.4, -0.2) is 34.6 Å². The van der Waals surface area contributed by atoms with Gasteiger partial charge in [0.05, 0.1) is 5.56 Å². The zero-order valence-electron chi connectivity index (χ0n) is 12.1. The molecule has 0 aliphatic carbocycles. The van der Waals surface area contributed by atoms with Crippen LogP contribution in [-0.2, 0) is 13.0 Å². The summed E-state index contributed by atoms with van der Waals surface area (Å²) >= 11 is 5.90. The fraction of sp³-hybridized carbons (Fsp3) is 0.714. The molecule has 0 amide bonds. The zero-order valence-corrected chi connectivity index (χ0v) is 12.9. The highest BCUT2D eigenvalue weighted by Crippen LogP contribution is 2.19. The predicted molar refractivity (Wildman–Crippen MR) is 80.5 cm³/mol. The number of aromatic amines is 1. The van der Waals surface area contributed by atoms with Gasteiger partial charge in [0.1, 0.15) is 5.15 Å². The van der Waals surface area contributed by atoms with Gasteiger partial charge in [-0.3, -0.25) is 14.3 Å². The van der Waals surface area contributed by atoms with Crippen LogP contribution in [0.3, 0.4) is 0 Å². The van der Waals surface area contributed by atoms with Crippen molar-refractivity contribution in [2.75, 3.05) is 20.1 Å². The number of piperidine rings is 1. The van der Waals surface area contributed by atoms with Gasteiger partial charge in [-0.2, -0.15) is 0 Å². The third-order valence-corrected chi connectivity index (χ3v) is 4.51. The van der Waals surface area contributed by atoms with Gasteiger partial charge >= 0.3 is 5.69 Å². The maximum Gasteiger partial charge on any atom is 0.329 e. The highest BCUT2D eigenvalue weighted by Gasteiger charge is 2.18. The van der Waals surface area contributed by atoms with E-state index in [1.165, 1.54) is 4.57 Å². The number of rotatable bonds is 4. The first-order valence-corrected chi connectivity index (χ1v) is 7.60. The number of hydrogen-bond donors (Lipinski definition) is 1. The summed E-state index contributed by atoms with van der Waals surface area (Å²) in [6, 6.07) is 0. The predicted octanol–water partition coefficient (Wildman–Crippen LogP) is 1.48. The van der Waals surface area contributed by atoms with Gasteiger partial charge in [-0.1, -0.05) is 18.5 Å². The van der Waals surface area contributed by atoms with Gasteiger partial charge in [-0.15, -0.1) is 0 Å². The van der Waals surface area contributed by atoms with E-state index in [1.807, 2.05) is 6.92 Å². The number of nitrogens with one attached hydrogen (secondary N) is 1. The van der Waals surface area contributed by atoms with Gasteiger partial charge in [-0.05, 0) is 51.7 Å². The number of aromatic nitrogens is 2. The molecule has 5 nitrogen and oxygen atoms in total. The summed E-state index contributed by atoms with van der Waals surface area (Å²) < 4.78 is 1.29. The van der Waals surface area contributed by atoms with E-state index in [-0.39, 0.29) is 10.7 Å². The number of halogens is 1. The van der Waals surface area contributed by atoms with Crippen molar-refractivity contribution in [2.24, 2.45) is 5.92 Å². The molecular formula is C14H22ClN3O2. The third-order valence-electron chi connectivity index (χ3n) is 4.18. The van der Waals surface area contributed by atoms with E-state index in [4.69, 9.17) is 11.6 Å². The van der Waals surface area contributed by atoms with Crippen LogP contribution >= 0.6 is 11.6 Å². The van der Waals surface area contributed by atoms with E-state index in [0.717, 1.165) is 32.4 Å². The molecule has 2 heterocycles. The maximum atomic E-state index is 12.2. The largest absolute Gasteiger partial charge is 0.329 e. The van der Waals surface area contributed by atoms with Crippen molar-refractivity contribution in [1.29, 1.82) is 0 Å². The van der Waals surface area contributed by atoms with Gasteiger partial charge < -0.3 is 4.90 Å². The molecule has 20 heavy (non-hydrogen) atoms. The molecular weight excluding hydrogens is 278 g/mol. The molecule has 1 aliphatic rings. The van der Waals surface area contributed by atoms with E-state index < -0.39 is 5.69 Å². The average Bonchev–Trinajstić information content (AvgIpc) is 2.40. The molecule has 0 unspecified atom stereocenters. The smallest absolute Gasteiger partial charge is 0.306 e. The molecule has 1 aromatic heterocycles. The summed E-state index contributed by atoms with van der Waals surface area (Å²) in [7, 11) is 2.12. The van der Waals surface area contributed by atoms with Crippen molar-refractivity contribution in [3.63, 3.8) is 0 Å². The van der Waals surface area contributed by atoms with Gasteiger partial charge in [0.25, 0.3) is 5.56 Å². The Balaban J connectivity index is 2.10. The second-order valence-electron chi connectivity index (χ2n) is 5.57. The van der Waals surface area contributed by atoms with Crippen LogP contribution in [0, 0.1) is 5.92 Å². The van der Waals surface area contributed by atoms with E-state index in [0.29, 0.717) is 24.4 Å². The van der Waals surface area contributed by atoms with E-state index >= 15 is 0 Å². The van der Waals surface area contributed by atoms with Gasteiger partial charge in [0.2, 0.25) is 0 Å². The van der Waals surface area contributed by atoms with Crippen molar-refractivity contribution in [2.45, 2.75) is 39.2 Å². The maximum absolute atomic E-state index is 12.2. The molecule has 0 radical (unpaired) electrons. The Morgan fingerprint density at radius 2 is 1.95 bits per heavy atom. The second-order valence-corrected chi connectivity index (χ2v) is 5.95. The van der Waals surface area contributed by atoms with Crippen molar-refractivity contribution in [3.05, 3.63) is 31.6 Å². The number of H-pyrrole nitrogens is 1. The fourth-order valence-corrected chi connectivity index (χ4v) is 3.05. The van der Waals surface area contributed by atoms with Crippen molar-refractivity contribution < 1.29 is 0 Å². The molecule has 112 valence electrons. The molecule has 6 heteroatoms. The van der Waals surface area contributed by atoms with Crippen LogP contribution in [0.1, 0.15) is 31.7 Å². The highest BCUT2D eigenvalue weighted by molar-refractivity contribution is 6.30. The lowest BCUT2D eigenvalue weighted by Gasteiger charge is -2.28. The Labute approximate surface area is 123 Å². The Kier molecular flexibility index (Phi) is 5.05. The van der Waals surface area contributed by atoms with Crippen LogP contribution in [0.15, 0.2) is 9.59 Å².